The molecular weight excluding hydrogens is 293 g/mol. The molecule has 2 rings (SSSR count). The lowest BCUT2D eigenvalue weighted by molar-refractivity contribution is 0.450. The van der Waals surface area contributed by atoms with E-state index in [2.05, 4.69) is 27.6 Å². The van der Waals surface area contributed by atoms with Crippen LogP contribution in [-0.2, 0) is 6.42 Å². The van der Waals surface area contributed by atoms with Crippen LogP contribution in [0.15, 0.2) is 27.4 Å². The minimum Gasteiger partial charge on any atom is -0.408 e. The molecule has 0 spiro atoms. The summed E-state index contributed by atoms with van der Waals surface area (Å²) in [5, 5.41) is 0.550. The molecule has 1 heterocycles. The van der Waals surface area contributed by atoms with Crippen LogP contribution in [0.5, 0.6) is 0 Å². The molecule has 3 nitrogen and oxygen atoms in total. The molecule has 1 aromatic heterocycles. The Balaban J connectivity index is 2.83. The fraction of sp³-hybridized carbons (Fsp3) is 0.200. The van der Waals surface area contributed by atoms with Crippen molar-refractivity contribution >= 4 is 33.5 Å². The number of fused-ring (bicyclic) bond motifs is 1. The van der Waals surface area contributed by atoms with Gasteiger partial charge in [0.05, 0.1) is 10.9 Å². The van der Waals surface area contributed by atoms with Crippen molar-refractivity contribution in [2.75, 3.05) is 0 Å². The fourth-order valence-electron chi connectivity index (χ4n) is 1.24. The lowest BCUT2D eigenvalue weighted by Gasteiger charge is -1.98. The molecule has 0 aliphatic heterocycles. The molecule has 2 aromatic rings. The van der Waals surface area contributed by atoms with Gasteiger partial charge in [-0.2, -0.15) is 0 Å². The Bertz CT molecular complexity index is 533. The summed E-state index contributed by atoms with van der Waals surface area (Å²) in [5.41, 5.74) is 0.406. The number of rotatable bonds is 1. The normalized spacial score (nSPS) is 10.7. The maximum atomic E-state index is 11.5. The van der Waals surface area contributed by atoms with Gasteiger partial charge in [-0.1, -0.05) is 6.92 Å². The highest BCUT2D eigenvalue weighted by Crippen LogP contribution is 2.12. The zero-order valence-electron chi connectivity index (χ0n) is 7.58. The van der Waals surface area contributed by atoms with E-state index in [9.17, 15) is 4.79 Å². The Morgan fingerprint density at radius 1 is 1.50 bits per heavy atom. The molecule has 0 aliphatic carbocycles. The smallest absolute Gasteiger partial charge is 0.346 e. The molecule has 1 aromatic carbocycles. The molecule has 72 valence electrons. The van der Waals surface area contributed by atoms with Gasteiger partial charge in [0.15, 0.2) is 5.89 Å². The zero-order chi connectivity index (χ0) is 10.1. The molecule has 0 bridgehead atoms. The minimum absolute atomic E-state index is 0.301. The second kappa shape index (κ2) is 3.68. The van der Waals surface area contributed by atoms with Gasteiger partial charge in [-0.3, -0.25) is 0 Å². The van der Waals surface area contributed by atoms with Gasteiger partial charge in [0, 0.05) is 9.99 Å². The predicted molar refractivity (Wildman–Crippen MR) is 62.4 cm³/mol. The molecule has 14 heavy (non-hydrogen) atoms. The third-order valence-electron chi connectivity index (χ3n) is 1.94. The first-order chi connectivity index (χ1) is 6.70. The van der Waals surface area contributed by atoms with Crippen LogP contribution in [0.25, 0.3) is 10.9 Å². The summed E-state index contributed by atoms with van der Waals surface area (Å²) >= 11 is 2.15. The lowest BCUT2D eigenvalue weighted by Crippen LogP contribution is -2.04. The second-order valence-electron chi connectivity index (χ2n) is 2.91. The minimum atomic E-state index is -0.301. The summed E-state index contributed by atoms with van der Waals surface area (Å²) < 4.78 is 6.03. The molecule has 0 atom stereocenters. The van der Waals surface area contributed by atoms with Gasteiger partial charge >= 0.3 is 5.63 Å². The van der Waals surface area contributed by atoms with Crippen LogP contribution in [-0.4, -0.2) is 4.98 Å². The van der Waals surface area contributed by atoms with Crippen LogP contribution in [0.2, 0.25) is 0 Å². The van der Waals surface area contributed by atoms with Crippen LogP contribution in [0, 0.1) is 3.57 Å². The van der Waals surface area contributed by atoms with Crippen molar-refractivity contribution in [1.29, 1.82) is 0 Å². The number of aromatic nitrogens is 1. The molecule has 0 saturated carbocycles. The SMILES string of the molecule is CCc1nc2ccc(I)cc2c(=O)o1. The highest BCUT2D eigenvalue weighted by Gasteiger charge is 2.04. The summed E-state index contributed by atoms with van der Waals surface area (Å²) in [4.78, 5) is 15.7. The lowest BCUT2D eigenvalue weighted by atomic mass is 10.2. The highest BCUT2D eigenvalue weighted by atomic mass is 127. The van der Waals surface area contributed by atoms with Crippen molar-refractivity contribution in [3.05, 3.63) is 38.1 Å². The average Bonchev–Trinajstić information content (AvgIpc) is 2.19. The van der Waals surface area contributed by atoms with E-state index in [-0.39, 0.29) is 5.63 Å². The number of halogens is 1. The molecular formula is C10H8INO2. The van der Waals surface area contributed by atoms with Crippen LogP contribution >= 0.6 is 22.6 Å². The van der Waals surface area contributed by atoms with Crippen molar-refractivity contribution in [2.45, 2.75) is 13.3 Å². The Labute approximate surface area is 94.3 Å². The average molecular weight is 301 g/mol. The maximum absolute atomic E-state index is 11.5. The molecule has 0 saturated heterocycles. The van der Waals surface area contributed by atoms with Gasteiger partial charge < -0.3 is 4.42 Å². The predicted octanol–water partition coefficient (Wildman–Crippen LogP) is 2.36. The number of benzene rings is 1. The third kappa shape index (κ3) is 1.66. The monoisotopic (exact) mass is 301 g/mol. The van der Waals surface area contributed by atoms with E-state index in [1.54, 1.807) is 6.07 Å². The van der Waals surface area contributed by atoms with Crippen LogP contribution in [0.3, 0.4) is 0 Å². The number of aryl methyl sites for hydroxylation is 1. The summed E-state index contributed by atoms with van der Waals surface area (Å²) in [6.07, 6.45) is 0.636. The van der Waals surface area contributed by atoms with Gasteiger partial charge in [0.25, 0.3) is 0 Å². The van der Waals surface area contributed by atoms with E-state index >= 15 is 0 Å². The van der Waals surface area contributed by atoms with Crippen molar-refractivity contribution in [3.8, 4) is 0 Å². The van der Waals surface area contributed by atoms with Crippen molar-refractivity contribution in [1.82, 2.24) is 4.98 Å². The summed E-state index contributed by atoms with van der Waals surface area (Å²) in [6, 6.07) is 5.55. The van der Waals surface area contributed by atoms with Crippen LogP contribution in [0.1, 0.15) is 12.8 Å². The van der Waals surface area contributed by atoms with Crippen LogP contribution < -0.4 is 5.63 Å². The van der Waals surface area contributed by atoms with Crippen molar-refractivity contribution < 1.29 is 4.42 Å². The van der Waals surface area contributed by atoms with Gasteiger partial charge in [0.2, 0.25) is 0 Å². The van der Waals surface area contributed by atoms with Crippen molar-refractivity contribution in [2.24, 2.45) is 0 Å². The Kier molecular flexibility index (Phi) is 2.54. The molecule has 0 fully saturated rings. The van der Waals surface area contributed by atoms with Crippen LogP contribution in [0.4, 0.5) is 0 Å². The molecule has 0 N–H and O–H groups in total. The topological polar surface area (TPSA) is 43.1 Å². The fourth-order valence-corrected chi connectivity index (χ4v) is 1.73. The Hall–Kier alpha value is -0.910. The van der Waals surface area contributed by atoms with Gasteiger partial charge in [-0.05, 0) is 40.8 Å². The first-order valence-electron chi connectivity index (χ1n) is 4.30. The number of hydrogen-bond acceptors (Lipinski definition) is 3. The highest BCUT2D eigenvalue weighted by molar-refractivity contribution is 14.1. The Morgan fingerprint density at radius 2 is 2.29 bits per heavy atom. The Morgan fingerprint density at radius 3 is 3.00 bits per heavy atom. The van der Waals surface area contributed by atoms with Gasteiger partial charge in [-0.15, -0.1) is 0 Å². The zero-order valence-corrected chi connectivity index (χ0v) is 9.74. The molecule has 4 heteroatoms. The van der Waals surface area contributed by atoms with E-state index < -0.39 is 0 Å². The molecule has 0 aliphatic rings. The van der Waals surface area contributed by atoms with Crippen molar-refractivity contribution in [3.63, 3.8) is 0 Å². The molecule has 0 amide bonds. The second-order valence-corrected chi connectivity index (χ2v) is 4.16. The van der Waals surface area contributed by atoms with E-state index in [0.717, 1.165) is 3.57 Å². The molecule has 0 radical (unpaired) electrons. The standard InChI is InChI=1S/C10H8INO2/c1-2-9-12-8-4-3-6(11)5-7(8)10(13)14-9/h3-5H,2H2,1H3. The number of nitrogens with zero attached hydrogens (tertiary/aromatic N) is 1. The summed E-state index contributed by atoms with van der Waals surface area (Å²) in [5.74, 6) is 0.490. The summed E-state index contributed by atoms with van der Waals surface area (Å²) in [6.45, 7) is 1.91. The largest absolute Gasteiger partial charge is 0.408 e. The van der Waals surface area contributed by atoms with Gasteiger partial charge in [0.1, 0.15) is 0 Å². The third-order valence-corrected chi connectivity index (χ3v) is 2.61. The van der Waals surface area contributed by atoms with E-state index in [4.69, 9.17) is 4.42 Å². The van der Waals surface area contributed by atoms with Gasteiger partial charge in [-0.25, -0.2) is 9.78 Å². The quantitative estimate of drug-likeness (QED) is 0.759. The van der Waals surface area contributed by atoms with E-state index in [1.807, 2.05) is 19.1 Å². The van der Waals surface area contributed by atoms with E-state index in [0.29, 0.717) is 23.2 Å². The van der Waals surface area contributed by atoms with E-state index in [1.165, 1.54) is 0 Å². The first-order valence-corrected chi connectivity index (χ1v) is 5.38. The maximum Gasteiger partial charge on any atom is 0.346 e. The molecule has 0 unspecified atom stereocenters. The first kappa shape index (κ1) is 9.64. The number of hydrogen-bond donors (Lipinski definition) is 0. The summed E-state index contributed by atoms with van der Waals surface area (Å²) in [7, 11) is 0.